The highest BCUT2D eigenvalue weighted by molar-refractivity contribution is 5.55. The molecular weight excluding hydrogens is 611 g/mol. The van der Waals surface area contributed by atoms with Crippen LogP contribution in [-0.2, 0) is 18.3 Å². The third kappa shape index (κ3) is 5.97. The van der Waals surface area contributed by atoms with Crippen LogP contribution in [0.15, 0.2) is 90.5 Å². The minimum absolute atomic E-state index is 0.240. The summed E-state index contributed by atoms with van der Waals surface area (Å²) >= 11 is 0. The van der Waals surface area contributed by atoms with Gasteiger partial charge in [0.05, 0.1) is 23.8 Å². The number of benzene rings is 3. The average Bonchev–Trinajstić information content (AvgIpc) is 3.69. The van der Waals surface area contributed by atoms with Gasteiger partial charge in [-0.05, 0) is 55.5 Å². The molecule has 2 atom stereocenters. The van der Waals surface area contributed by atoms with Crippen LogP contribution >= 0.6 is 0 Å². The molecule has 46 heavy (non-hydrogen) atoms. The lowest BCUT2D eigenvalue weighted by atomic mass is 9.86. The molecule has 240 valence electrons. The number of alkyl halides is 3. The molecule has 1 aliphatic rings. The lowest BCUT2D eigenvalue weighted by Crippen LogP contribution is -2.46. The Balaban J connectivity index is 1.19. The fourth-order valence-electron chi connectivity index (χ4n) is 5.73. The van der Waals surface area contributed by atoms with Gasteiger partial charge >= 0.3 is 11.9 Å². The number of hydrogen-bond donors (Lipinski definition) is 1. The highest BCUT2D eigenvalue weighted by Gasteiger charge is 2.42. The summed E-state index contributed by atoms with van der Waals surface area (Å²) in [5.41, 5.74) is -1.72. The molecule has 2 aromatic heterocycles. The third-order valence-electron chi connectivity index (χ3n) is 8.33. The van der Waals surface area contributed by atoms with Crippen LogP contribution in [0.2, 0.25) is 0 Å². The molecule has 0 spiro atoms. The van der Waals surface area contributed by atoms with E-state index in [0.29, 0.717) is 43.6 Å². The normalized spacial score (nSPS) is 16.0. The van der Waals surface area contributed by atoms with Gasteiger partial charge in [-0.1, -0.05) is 12.1 Å². The zero-order valence-corrected chi connectivity index (χ0v) is 24.5. The number of aromatic nitrogens is 6. The number of piperazine rings is 1. The number of hydrogen-bond acceptors (Lipinski definition) is 7. The molecule has 2 unspecified atom stereocenters. The Hall–Kier alpha value is -5.05. The second-order valence-electron chi connectivity index (χ2n) is 11.1. The predicted molar refractivity (Wildman–Crippen MR) is 159 cm³/mol. The molecule has 10 nitrogen and oxygen atoms in total. The van der Waals surface area contributed by atoms with Gasteiger partial charge in [-0.3, -0.25) is 0 Å². The van der Waals surface area contributed by atoms with Crippen molar-refractivity contribution < 1.29 is 27.1 Å². The Morgan fingerprint density at radius 2 is 1.52 bits per heavy atom. The molecule has 0 aliphatic carbocycles. The van der Waals surface area contributed by atoms with Crippen LogP contribution in [0.1, 0.15) is 24.1 Å². The fraction of sp³-hybridized carbons (Fsp3) is 0.290. The van der Waals surface area contributed by atoms with Crippen LogP contribution in [0.3, 0.4) is 0 Å². The van der Waals surface area contributed by atoms with Crippen molar-refractivity contribution in [2.45, 2.75) is 31.3 Å². The minimum Gasteiger partial charge on any atom is -0.381 e. The van der Waals surface area contributed by atoms with Crippen molar-refractivity contribution >= 4 is 11.4 Å². The van der Waals surface area contributed by atoms with E-state index in [1.807, 2.05) is 17.0 Å². The summed E-state index contributed by atoms with van der Waals surface area (Å²) in [7, 11) is 0. The maximum Gasteiger partial charge on any atom is 0.416 e. The van der Waals surface area contributed by atoms with Crippen molar-refractivity contribution in [1.82, 2.24) is 29.1 Å². The van der Waals surface area contributed by atoms with E-state index in [1.54, 1.807) is 18.2 Å². The van der Waals surface area contributed by atoms with E-state index in [1.165, 1.54) is 41.2 Å². The molecule has 1 N–H and O–H groups in total. The first-order chi connectivity index (χ1) is 21.9. The minimum atomic E-state index is -4.41. The van der Waals surface area contributed by atoms with Crippen molar-refractivity contribution in [3.05, 3.63) is 119 Å². The van der Waals surface area contributed by atoms with Crippen LogP contribution < -0.4 is 15.5 Å². The van der Waals surface area contributed by atoms with Crippen molar-refractivity contribution in [1.29, 1.82) is 0 Å². The Morgan fingerprint density at radius 1 is 0.848 bits per heavy atom. The van der Waals surface area contributed by atoms with Crippen LogP contribution in [0.5, 0.6) is 0 Å². The highest BCUT2D eigenvalue weighted by atomic mass is 19.4. The lowest BCUT2D eigenvalue weighted by molar-refractivity contribution is -0.137. The quantitative estimate of drug-likeness (QED) is 0.251. The van der Waals surface area contributed by atoms with E-state index in [2.05, 4.69) is 20.1 Å². The molecule has 0 radical (unpaired) electrons. The molecule has 3 heterocycles. The molecule has 1 aliphatic heterocycles. The van der Waals surface area contributed by atoms with Gasteiger partial charge in [0.15, 0.2) is 0 Å². The van der Waals surface area contributed by atoms with E-state index in [9.17, 15) is 31.9 Å². The number of rotatable bonds is 8. The first kappa shape index (κ1) is 31.0. The van der Waals surface area contributed by atoms with E-state index in [0.717, 1.165) is 34.6 Å². The summed E-state index contributed by atoms with van der Waals surface area (Å²) < 4.78 is 71.8. The summed E-state index contributed by atoms with van der Waals surface area (Å²) in [6.45, 7) is 3.41. The molecule has 15 heteroatoms. The van der Waals surface area contributed by atoms with Gasteiger partial charge in [-0.25, -0.2) is 32.5 Å². The van der Waals surface area contributed by atoms with Gasteiger partial charge in [0.2, 0.25) is 0 Å². The Morgan fingerprint density at radius 3 is 2.15 bits per heavy atom. The van der Waals surface area contributed by atoms with Crippen molar-refractivity contribution in [2.24, 2.45) is 0 Å². The van der Waals surface area contributed by atoms with E-state index in [4.69, 9.17) is 0 Å². The van der Waals surface area contributed by atoms with Crippen molar-refractivity contribution in [3.63, 3.8) is 0 Å². The SMILES string of the molecule is CC(n1ncn(-c2ccc(N3CCN(c4cccc(C(F)(F)F)c4)CC3)cc2)c1=O)C(O)(Cn1cncn1)c1ccc(F)cc1F. The zero-order valence-electron chi connectivity index (χ0n) is 24.5. The largest absolute Gasteiger partial charge is 0.416 e. The van der Waals surface area contributed by atoms with Crippen LogP contribution in [0.4, 0.5) is 33.3 Å². The highest BCUT2D eigenvalue weighted by Crippen LogP contribution is 2.36. The van der Waals surface area contributed by atoms with Crippen LogP contribution in [0.25, 0.3) is 5.69 Å². The zero-order chi connectivity index (χ0) is 32.6. The van der Waals surface area contributed by atoms with Crippen LogP contribution in [0, 0.1) is 11.6 Å². The predicted octanol–water partition coefficient (Wildman–Crippen LogP) is 4.40. The second kappa shape index (κ2) is 12.0. The maximum absolute atomic E-state index is 15.0. The fourth-order valence-corrected chi connectivity index (χ4v) is 5.73. The Labute approximate surface area is 259 Å². The lowest BCUT2D eigenvalue weighted by Gasteiger charge is -2.37. The molecule has 5 aromatic rings. The summed E-state index contributed by atoms with van der Waals surface area (Å²) in [4.78, 5) is 21.4. The van der Waals surface area contributed by atoms with Gasteiger partial charge in [-0.2, -0.15) is 23.4 Å². The van der Waals surface area contributed by atoms with Gasteiger partial charge in [0.25, 0.3) is 0 Å². The van der Waals surface area contributed by atoms with Gasteiger partial charge < -0.3 is 14.9 Å². The molecule has 1 saturated heterocycles. The second-order valence-corrected chi connectivity index (χ2v) is 11.1. The summed E-state index contributed by atoms with van der Waals surface area (Å²) in [6, 6.07) is 14.1. The molecule has 0 bridgehead atoms. The van der Waals surface area contributed by atoms with E-state index in [-0.39, 0.29) is 12.1 Å². The van der Waals surface area contributed by atoms with E-state index >= 15 is 0 Å². The number of aliphatic hydroxyl groups is 1. The Bertz CT molecular complexity index is 1870. The first-order valence-corrected chi connectivity index (χ1v) is 14.4. The molecule has 6 rings (SSSR count). The average molecular weight is 641 g/mol. The molecule has 0 saturated carbocycles. The number of anilines is 2. The van der Waals surface area contributed by atoms with Crippen molar-refractivity contribution in [3.8, 4) is 5.69 Å². The smallest absolute Gasteiger partial charge is 0.381 e. The van der Waals surface area contributed by atoms with Crippen molar-refractivity contribution in [2.75, 3.05) is 36.0 Å². The molecule has 1 fully saturated rings. The molecule has 3 aromatic carbocycles. The topological polar surface area (TPSA) is 97.2 Å². The first-order valence-electron chi connectivity index (χ1n) is 14.4. The third-order valence-corrected chi connectivity index (χ3v) is 8.33. The van der Waals surface area contributed by atoms with Gasteiger partial charge in [0, 0.05) is 49.2 Å². The summed E-state index contributed by atoms with van der Waals surface area (Å²) in [6.07, 6.45) is -0.547. The maximum atomic E-state index is 15.0. The molecular formula is C31H29F5N8O2. The number of nitrogens with zero attached hydrogens (tertiary/aromatic N) is 8. The standard InChI is InChI=1S/C31H29F5N8O2/c1-21(30(46,17-42-19-37-18-38-42)27-10-5-23(32)16-28(27)33)44-29(45)43(20-39-44)25-8-6-24(7-9-25)40-11-13-41(14-12-40)26-4-2-3-22(15-26)31(34,35)36/h2-10,15-16,18-21,46H,11-14,17H2,1H3. The number of halogens is 5. The van der Waals surface area contributed by atoms with E-state index < -0.39 is 40.7 Å². The Kier molecular flexibility index (Phi) is 8.10. The summed E-state index contributed by atoms with van der Waals surface area (Å²) in [5.74, 6) is -1.81. The monoisotopic (exact) mass is 640 g/mol. The van der Waals surface area contributed by atoms with Gasteiger partial charge in [0.1, 0.15) is 36.2 Å². The van der Waals surface area contributed by atoms with Gasteiger partial charge in [-0.15, -0.1) is 0 Å². The summed E-state index contributed by atoms with van der Waals surface area (Å²) in [5, 5.41) is 20.1. The van der Waals surface area contributed by atoms with Crippen LogP contribution in [-0.4, -0.2) is 60.4 Å². The molecule has 0 amide bonds.